The quantitative estimate of drug-likeness (QED) is 0.566. The van der Waals surface area contributed by atoms with Crippen LogP contribution < -0.4 is 5.32 Å². The van der Waals surface area contributed by atoms with E-state index >= 15 is 0 Å². The van der Waals surface area contributed by atoms with Crippen molar-refractivity contribution >= 4 is 34.1 Å². The molecular formula is C24H29N3O3S. The minimum atomic E-state index is -0.0145. The van der Waals surface area contributed by atoms with Crippen LogP contribution in [0.3, 0.4) is 0 Å². The number of amides is 2. The molecule has 1 saturated heterocycles. The molecule has 0 spiro atoms. The van der Waals surface area contributed by atoms with Crippen molar-refractivity contribution in [2.45, 2.75) is 26.2 Å². The van der Waals surface area contributed by atoms with E-state index in [2.05, 4.69) is 35.0 Å². The highest BCUT2D eigenvalue weighted by atomic mass is 32.1. The minimum Gasteiger partial charge on any atom is -0.385 e. The maximum Gasteiger partial charge on any atom is 0.263 e. The molecule has 0 aliphatic carbocycles. The Morgan fingerprint density at radius 1 is 1.16 bits per heavy atom. The number of nitrogens with one attached hydrogen (secondary N) is 1. The van der Waals surface area contributed by atoms with Crippen molar-refractivity contribution in [3.63, 3.8) is 0 Å². The van der Waals surface area contributed by atoms with Gasteiger partial charge in [-0.3, -0.25) is 9.59 Å². The molecule has 0 unspecified atom stereocenters. The molecule has 3 heterocycles. The zero-order chi connectivity index (χ0) is 21.8. The summed E-state index contributed by atoms with van der Waals surface area (Å²) in [6.45, 7) is 4.61. The third kappa shape index (κ3) is 4.67. The summed E-state index contributed by atoms with van der Waals surface area (Å²) in [5.74, 6) is 0.139. The van der Waals surface area contributed by atoms with E-state index < -0.39 is 0 Å². The van der Waals surface area contributed by atoms with Gasteiger partial charge >= 0.3 is 0 Å². The summed E-state index contributed by atoms with van der Waals surface area (Å²) in [6, 6.07) is 14.4. The van der Waals surface area contributed by atoms with E-state index in [1.54, 1.807) is 7.11 Å². The molecule has 3 aromatic rings. The van der Waals surface area contributed by atoms with Crippen LogP contribution in [0.4, 0.5) is 0 Å². The molecule has 0 bridgehead atoms. The van der Waals surface area contributed by atoms with E-state index in [1.165, 1.54) is 16.7 Å². The number of likely N-dealkylation sites (tertiary alicyclic amines) is 1. The van der Waals surface area contributed by atoms with Crippen molar-refractivity contribution in [3.05, 3.63) is 53.0 Å². The van der Waals surface area contributed by atoms with Gasteiger partial charge < -0.3 is 19.5 Å². The van der Waals surface area contributed by atoms with Gasteiger partial charge in [0.1, 0.15) is 5.00 Å². The van der Waals surface area contributed by atoms with Crippen LogP contribution in [0.25, 0.3) is 15.9 Å². The number of carbonyl (C=O) groups excluding carboxylic acids is 2. The molecule has 7 heteroatoms. The van der Waals surface area contributed by atoms with Crippen LogP contribution in [0.5, 0.6) is 0 Å². The zero-order valence-electron chi connectivity index (χ0n) is 18.1. The van der Waals surface area contributed by atoms with Crippen LogP contribution in [0, 0.1) is 12.8 Å². The van der Waals surface area contributed by atoms with Crippen molar-refractivity contribution < 1.29 is 14.3 Å². The second kappa shape index (κ2) is 9.66. The van der Waals surface area contributed by atoms with Gasteiger partial charge in [0.25, 0.3) is 5.91 Å². The number of thiophene rings is 1. The molecule has 2 aromatic heterocycles. The van der Waals surface area contributed by atoms with Gasteiger partial charge in [-0.25, -0.2) is 0 Å². The van der Waals surface area contributed by atoms with Gasteiger partial charge in [0.2, 0.25) is 5.91 Å². The lowest BCUT2D eigenvalue weighted by molar-refractivity contribution is -0.126. The number of rotatable bonds is 7. The summed E-state index contributed by atoms with van der Waals surface area (Å²) in [6.07, 6.45) is 2.24. The van der Waals surface area contributed by atoms with Gasteiger partial charge in [0, 0.05) is 50.3 Å². The molecule has 6 nitrogen and oxygen atoms in total. The van der Waals surface area contributed by atoms with Crippen LogP contribution >= 0.6 is 11.3 Å². The first-order valence-electron chi connectivity index (χ1n) is 10.8. The van der Waals surface area contributed by atoms with Crippen molar-refractivity contribution in [2.24, 2.45) is 5.92 Å². The Hall–Kier alpha value is -2.64. The number of methoxy groups -OCH3 is 1. The summed E-state index contributed by atoms with van der Waals surface area (Å²) >= 11 is 1.52. The molecule has 0 saturated carbocycles. The number of ether oxygens (including phenoxy) is 1. The lowest BCUT2D eigenvalue weighted by Crippen LogP contribution is -2.43. The largest absolute Gasteiger partial charge is 0.385 e. The van der Waals surface area contributed by atoms with Crippen molar-refractivity contribution in [3.8, 4) is 5.00 Å². The Kier molecular flexibility index (Phi) is 6.73. The summed E-state index contributed by atoms with van der Waals surface area (Å²) in [4.78, 5) is 28.0. The van der Waals surface area contributed by atoms with E-state index in [4.69, 9.17) is 4.74 Å². The normalized spacial score (nSPS) is 14.8. The predicted octanol–water partition coefficient (Wildman–Crippen LogP) is 4.01. The van der Waals surface area contributed by atoms with Gasteiger partial charge in [0.15, 0.2) is 0 Å². The van der Waals surface area contributed by atoms with Gasteiger partial charge in [-0.1, -0.05) is 18.2 Å². The number of hydrogen-bond donors (Lipinski definition) is 1. The lowest BCUT2D eigenvalue weighted by Gasteiger charge is -2.31. The highest BCUT2D eigenvalue weighted by molar-refractivity contribution is 7.16. The number of aromatic nitrogens is 1. The van der Waals surface area contributed by atoms with Crippen molar-refractivity contribution in [1.82, 2.24) is 14.8 Å². The molecule has 1 N–H and O–H groups in total. The van der Waals surface area contributed by atoms with Gasteiger partial charge in [-0.05, 0) is 50.5 Å². The molecular weight excluding hydrogens is 410 g/mol. The third-order valence-corrected chi connectivity index (χ3v) is 6.95. The van der Waals surface area contributed by atoms with Gasteiger partial charge in [0.05, 0.1) is 10.4 Å². The number of benzene rings is 1. The van der Waals surface area contributed by atoms with E-state index in [0.29, 0.717) is 39.1 Å². The summed E-state index contributed by atoms with van der Waals surface area (Å²) < 4.78 is 7.21. The number of fused-ring (bicyclic) bond motifs is 1. The first kappa shape index (κ1) is 21.6. The maximum atomic E-state index is 13.1. The molecule has 1 aliphatic heterocycles. The fraction of sp³-hybridized carbons (Fsp3) is 0.417. The third-order valence-electron chi connectivity index (χ3n) is 5.90. The molecule has 1 aliphatic rings. The second-order valence-electron chi connectivity index (χ2n) is 8.02. The van der Waals surface area contributed by atoms with E-state index in [1.807, 2.05) is 29.2 Å². The Morgan fingerprint density at radius 3 is 2.71 bits per heavy atom. The van der Waals surface area contributed by atoms with Crippen LogP contribution in [-0.2, 0) is 9.53 Å². The lowest BCUT2D eigenvalue weighted by atomic mass is 9.95. The molecule has 4 rings (SSSR count). The summed E-state index contributed by atoms with van der Waals surface area (Å²) in [5, 5.41) is 5.23. The summed E-state index contributed by atoms with van der Waals surface area (Å²) in [7, 11) is 1.66. The minimum absolute atomic E-state index is 0.0145. The molecule has 2 amide bonds. The Morgan fingerprint density at radius 2 is 1.94 bits per heavy atom. The SMILES string of the molecule is COCCCNC(=O)C1CCN(C(=O)c2ccc(-n3c(C)cc4ccccc43)s2)CC1. The average molecular weight is 440 g/mol. The Labute approximate surface area is 186 Å². The second-order valence-corrected chi connectivity index (χ2v) is 9.08. The standard InChI is InChI=1S/C24H29N3O3S/c1-17-16-19-6-3-4-7-20(19)27(17)22-9-8-21(31-22)24(29)26-13-10-18(11-14-26)23(28)25-12-5-15-30-2/h3-4,6-9,16,18H,5,10-15H2,1-2H3,(H,25,28). The topological polar surface area (TPSA) is 63.6 Å². The molecule has 1 aromatic carbocycles. The van der Waals surface area contributed by atoms with Gasteiger partial charge in [-0.15, -0.1) is 11.3 Å². The van der Waals surface area contributed by atoms with E-state index in [-0.39, 0.29) is 17.7 Å². The zero-order valence-corrected chi connectivity index (χ0v) is 18.9. The molecule has 164 valence electrons. The van der Waals surface area contributed by atoms with Crippen LogP contribution in [0.1, 0.15) is 34.6 Å². The van der Waals surface area contributed by atoms with Crippen LogP contribution in [0.15, 0.2) is 42.5 Å². The maximum absolute atomic E-state index is 13.1. The highest BCUT2D eigenvalue weighted by Crippen LogP contribution is 2.30. The molecule has 1 fully saturated rings. The number of hydrogen-bond acceptors (Lipinski definition) is 4. The molecule has 31 heavy (non-hydrogen) atoms. The Balaban J connectivity index is 1.38. The van der Waals surface area contributed by atoms with Crippen LogP contribution in [0.2, 0.25) is 0 Å². The first-order valence-corrected chi connectivity index (χ1v) is 11.6. The molecule has 0 radical (unpaired) electrons. The average Bonchev–Trinajstić information content (AvgIpc) is 3.39. The smallest absolute Gasteiger partial charge is 0.263 e. The van der Waals surface area contributed by atoms with E-state index in [0.717, 1.165) is 27.5 Å². The summed E-state index contributed by atoms with van der Waals surface area (Å²) in [5.41, 5.74) is 2.30. The fourth-order valence-corrected chi connectivity index (χ4v) is 5.27. The predicted molar refractivity (Wildman–Crippen MR) is 124 cm³/mol. The Bertz CT molecular complexity index is 1060. The molecule has 0 atom stereocenters. The monoisotopic (exact) mass is 439 g/mol. The van der Waals surface area contributed by atoms with Gasteiger partial charge in [-0.2, -0.15) is 0 Å². The van der Waals surface area contributed by atoms with Crippen molar-refractivity contribution in [1.29, 1.82) is 0 Å². The van der Waals surface area contributed by atoms with Crippen molar-refractivity contribution in [2.75, 3.05) is 33.4 Å². The number of carbonyl (C=O) groups is 2. The number of para-hydroxylation sites is 1. The number of nitrogens with zero attached hydrogens (tertiary/aromatic N) is 2. The highest BCUT2D eigenvalue weighted by Gasteiger charge is 2.28. The number of piperidine rings is 1. The first-order chi connectivity index (χ1) is 15.1. The van der Waals surface area contributed by atoms with Crippen LogP contribution in [-0.4, -0.2) is 54.6 Å². The number of aryl methyl sites for hydroxylation is 1. The fourth-order valence-electron chi connectivity index (χ4n) is 4.22. The van der Waals surface area contributed by atoms with E-state index in [9.17, 15) is 9.59 Å².